The van der Waals surface area contributed by atoms with Gasteiger partial charge in [-0.3, -0.25) is 0 Å². The van der Waals surface area contributed by atoms with Crippen LogP contribution in [0.1, 0.15) is 24.9 Å². The zero-order valence-corrected chi connectivity index (χ0v) is 15.5. The van der Waals surface area contributed by atoms with Crippen LogP contribution < -0.4 is 20.1 Å². The zero-order valence-electron chi connectivity index (χ0n) is 14.7. The predicted octanol–water partition coefficient (Wildman–Crippen LogP) is 4.59. The lowest BCUT2D eigenvalue weighted by Gasteiger charge is -2.26. The second-order valence-corrected chi connectivity index (χ2v) is 6.85. The minimum Gasteiger partial charge on any atom is -0.493 e. The standard InChI is InChI=1S/C19H21FN2O3S/c1-3-25-17-11-12(7-8-16(17)24-2)21-19(23)22-15-9-10-26-18-13(15)5-4-6-14(18)20/h4-8,11,15H,3,9-10H2,1-2H3,(H2,21,22,23). The molecule has 3 rings (SSSR count). The average Bonchev–Trinajstić information content (AvgIpc) is 2.63. The molecule has 1 aliphatic heterocycles. The van der Waals surface area contributed by atoms with Crippen molar-refractivity contribution in [3.05, 3.63) is 47.8 Å². The number of urea groups is 1. The molecule has 1 unspecified atom stereocenters. The van der Waals surface area contributed by atoms with Crippen molar-refractivity contribution in [3.63, 3.8) is 0 Å². The molecule has 0 bridgehead atoms. The van der Waals surface area contributed by atoms with Crippen LogP contribution in [0.25, 0.3) is 0 Å². The van der Waals surface area contributed by atoms with Crippen molar-refractivity contribution in [2.45, 2.75) is 24.3 Å². The van der Waals surface area contributed by atoms with E-state index in [1.807, 2.05) is 13.0 Å². The number of fused-ring (bicyclic) bond motifs is 1. The van der Waals surface area contributed by atoms with Crippen LogP contribution in [0.4, 0.5) is 14.9 Å². The van der Waals surface area contributed by atoms with E-state index in [0.717, 1.165) is 17.7 Å². The van der Waals surface area contributed by atoms with Gasteiger partial charge < -0.3 is 20.1 Å². The third-order valence-corrected chi connectivity index (χ3v) is 5.21. The molecule has 2 aromatic carbocycles. The summed E-state index contributed by atoms with van der Waals surface area (Å²) in [4.78, 5) is 13.0. The van der Waals surface area contributed by atoms with E-state index in [9.17, 15) is 9.18 Å². The number of nitrogens with one attached hydrogen (secondary N) is 2. The minimum absolute atomic E-state index is 0.216. The van der Waals surface area contributed by atoms with E-state index in [4.69, 9.17) is 9.47 Å². The first-order valence-electron chi connectivity index (χ1n) is 8.42. The average molecular weight is 376 g/mol. The number of thioether (sulfide) groups is 1. The van der Waals surface area contributed by atoms with Crippen molar-refractivity contribution < 1.29 is 18.7 Å². The summed E-state index contributed by atoms with van der Waals surface area (Å²) in [7, 11) is 1.56. The van der Waals surface area contributed by atoms with E-state index in [1.165, 1.54) is 17.8 Å². The second-order valence-electron chi connectivity index (χ2n) is 5.75. The molecule has 0 fully saturated rings. The Bertz CT molecular complexity index is 800. The van der Waals surface area contributed by atoms with Crippen molar-refractivity contribution in [1.29, 1.82) is 0 Å². The highest BCUT2D eigenvalue weighted by atomic mass is 32.2. The molecule has 7 heteroatoms. The molecule has 0 aliphatic carbocycles. The number of hydrogen-bond donors (Lipinski definition) is 2. The Labute approximate surface area is 156 Å². The monoisotopic (exact) mass is 376 g/mol. The van der Waals surface area contributed by atoms with Gasteiger partial charge in [0.05, 0.1) is 19.8 Å². The van der Waals surface area contributed by atoms with Crippen LogP contribution in [0.5, 0.6) is 11.5 Å². The Morgan fingerprint density at radius 2 is 2.15 bits per heavy atom. The number of carbonyl (C=O) groups is 1. The van der Waals surface area contributed by atoms with Crippen molar-refractivity contribution in [1.82, 2.24) is 5.32 Å². The second kappa shape index (κ2) is 8.31. The summed E-state index contributed by atoms with van der Waals surface area (Å²) in [6.07, 6.45) is 0.751. The van der Waals surface area contributed by atoms with Gasteiger partial charge >= 0.3 is 6.03 Å². The maximum atomic E-state index is 13.9. The number of rotatable bonds is 5. The van der Waals surface area contributed by atoms with Gasteiger partial charge in [0.1, 0.15) is 5.82 Å². The molecule has 2 aromatic rings. The number of carbonyl (C=O) groups excluding carboxylic acids is 1. The summed E-state index contributed by atoms with van der Waals surface area (Å²) in [5.74, 6) is 1.69. The van der Waals surface area contributed by atoms with E-state index in [-0.39, 0.29) is 17.9 Å². The van der Waals surface area contributed by atoms with Crippen LogP contribution in [-0.2, 0) is 0 Å². The van der Waals surface area contributed by atoms with Gasteiger partial charge in [0.15, 0.2) is 11.5 Å². The molecule has 0 aromatic heterocycles. The number of amides is 2. The maximum absolute atomic E-state index is 13.9. The molecule has 2 N–H and O–H groups in total. The van der Waals surface area contributed by atoms with Gasteiger partial charge in [-0.25, -0.2) is 9.18 Å². The normalized spacial score (nSPS) is 15.7. The topological polar surface area (TPSA) is 59.6 Å². The number of halogens is 1. The summed E-state index contributed by atoms with van der Waals surface area (Å²) < 4.78 is 24.7. The molecule has 5 nitrogen and oxygen atoms in total. The first-order valence-corrected chi connectivity index (χ1v) is 9.40. The zero-order chi connectivity index (χ0) is 18.5. The summed E-state index contributed by atoms with van der Waals surface area (Å²) >= 11 is 1.48. The molecule has 1 atom stereocenters. The Hall–Kier alpha value is -2.41. The lowest BCUT2D eigenvalue weighted by molar-refractivity contribution is 0.248. The van der Waals surface area contributed by atoms with Crippen molar-refractivity contribution in [3.8, 4) is 11.5 Å². The first-order chi connectivity index (χ1) is 12.6. The maximum Gasteiger partial charge on any atom is 0.319 e. The fourth-order valence-electron chi connectivity index (χ4n) is 2.88. The van der Waals surface area contributed by atoms with E-state index in [0.29, 0.717) is 28.7 Å². The van der Waals surface area contributed by atoms with Crippen LogP contribution in [0.2, 0.25) is 0 Å². The van der Waals surface area contributed by atoms with Gasteiger partial charge in [0, 0.05) is 22.4 Å². The molecule has 0 saturated heterocycles. The Balaban J connectivity index is 1.71. The summed E-state index contributed by atoms with van der Waals surface area (Å²) in [6, 6.07) is 9.61. The molecule has 26 heavy (non-hydrogen) atoms. The molecular formula is C19H21FN2O3S. The number of benzene rings is 2. The molecule has 138 valence electrons. The highest BCUT2D eigenvalue weighted by Gasteiger charge is 2.24. The van der Waals surface area contributed by atoms with Crippen LogP contribution in [0, 0.1) is 5.82 Å². The predicted molar refractivity (Wildman–Crippen MR) is 101 cm³/mol. The Kier molecular flexibility index (Phi) is 5.88. The fourth-order valence-corrected chi connectivity index (χ4v) is 4.03. The third-order valence-electron chi connectivity index (χ3n) is 4.05. The quantitative estimate of drug-likeness (QED) is 0.801. The third kappa shape index (κ3) is 4.04. The Morgan fingerprint density at radius 3 is 2.92 bits per heavy atom. The van der Waals surface area contributed by atoms with E-state index < -0.39 is 0 Å². The van der Waals surface area contributed by atoms with Crippen molar-refractivity contribution in [2.24, 2.45) is 0 Å². The van der Waals surface area contributed by atoms with Gasteiger partial charge in [-0.05, 0) is 37.1 Å². The smallest absolute Gasteiger partial charge is 0.319 e. The Morgan fingerprint density at radius 1 is 1.31 bits per heavy atom. The van der Waals surface area contributed by atoms with E-state index in [2.05, 4.69) is 10.6 Å². The number of ether oxygens (including phenoxy) is 2. The van der Waals surface area contributed by atoms with Crippen LogP contribution >= 0.6 is 11.8 Å². The number of hydrogen-bond acceptors (Lipinski definition) is 4. The highest BCUT2D eigenvalue weighted by molar-refractivity contribution is 7.99. The molecule has 0 radical (unpaired) electrons. The molecule has 2 amide bonds. The number of methoxy groups -OCH3 is 1. The van der Waals surface area contributed by atoms with Crippen LogP contribution in [0.15, 0.2) is 41.3 Å². The van der Waals surface area contributed by atoms with Crippen molar-refractivity contribution >= 4 is 23.5 Å². The fraction of sp³-hybridized carbons (Fsp3) is 0.316. The summed E-state index contributed by atoms with van der Waals surface area (Å²) in [5, 5.41) is 5.73. The van der Waals surface area contributed by atoms with Crippen molar-refractivity contribution in [2.75, 3.05) is 24.8 Å². The lowest BCUT2D eigenvalue weighted by atomic mass is 10.0. The highest BCUT2D eigenvalue weighted by Crippen LogP contribution is 2.37. The van der Waals surface area contributed by atoms with Gasteiger partial charge in [-0.2, -0.15) is 0 Å². The van der Waals surface area contributed by atoms with Gasteiger partial charge in [0.25, 0.3) is 0 Å². The van der Waals surface area contributed by atoms with E-state index in [1.54, 1.807) is 31.4 Å². The molecule has 0 spiro atoms. The van der Waals surface area contributed by atoms with Gasteiger partial charge in [-0.1, -0.05) is 12.1 Å². The molecule has 0 saturated carbocycles. The molecule has 1 heterocycles. The van der Waals surface area contributed by atoms with Crippen LogP contribution in [0.3, 0.4) is 0 Å². The van der Waals surface area contributed by atoms with E-state index >= 15 is 0 Å². The van der Waals surface area contributed by atoms with Crippen LogP contribution in [-0.4, -0.2) is 25.5 Å². The number of anilines is 1. The largest absolute Gasteiger partial charge is 0.493 e. The molecule has 1 aliphatic rings. The minimum atomic E-state index is -0.343. The van der Waals surface area contributed by atoms with Gasteiger partial charge in [0.2, 0.25) is 0 Å². The lowest BCUT2D eigenvalue weighted by Crippen LogP contribution is -2.34. The molecular weight excluding hydrogens is 355 g/mol. The summed E-state index contributed by atoms with van der Waals surface area (Å²) in [6.45, 7) is 2.37. The van der Waals surface area contributed by atoms with Gasteiger partial charge in [-0.15, -0.1) is 11.8 Å². The first kappa shape index (κ1) is 18.4. The summed E-state index contributed by atoms with van der Waals surface area (Å²) in [5.41, 5.74) is 1.41. The SMILES string of the molecule is CCOc1cc(NC(=O)NC2CCSc3c(F)cccc32)ccc1OC.